The second-order valence-electron chi connectivity index (χ2n) is 7.67. The van der Waals surface area contributed by atoms with Crippen LogP contribution in [0.1, 0.15) is 71.1 Å². The molecule has 0 unspecified atom stereocenters. The van der Waals surface area contributed by atoms with Crippen LogP contribution in [-0.2, 0) is 34.0 Å². The van der Waals surface area contributed by atoms with Crippen molar-refractivity contribution in [2.24, 2.45) is 0 Å². The molecule has 0 radical (unpaired) electrons. The van der Waals surface area contributed by atoms with Gasteiger partial charge in [0.25, 0.3) is 5.91 Å². The molecule has 0 fully saturated rings. The number of aliphatic hydroxyl groups excluding tert-OH is 3. The molecule has 0 heterocycles. The average Bonchev–Trinajstić information content (AvgIpc) is 2.71. The summed E-state index contributed by atoms with van der Waals surface area (Å²) in [5.41, 5.74) is 0. The van der Waals surface area contributed by atoms with Crippen molar-refractivity contribution >= 4 is 26.7 Å². The Labute approximate surface area is 195 Å². The highest BCUT2D eigenvalue weighted by atomic mass is 32.3. The largest absolute Gasteiger partial charge is 0.397 e. The number of aliphatic hydroxyl groups is 3. The van der Waals surface area contributed by atoms with Crippen LogP contribution in [0, 0.1) is 0 Å². The minimum atomic E-state index is -5.26. The molecule has 0 aromatic carbocycles. The molecule has 0 bridgehead atoms. The summed E-state index contributed by atoms with van der Waals surface area (Å²) in [5.74, 6) is -1.07. The SMILES string of the molecule is CCCCCCCCCCCCNC(=O)[C@@H](O)[C@@H](O)[C@H](O)[C@@H](COS(=O)(=O)O)OS(=O)(=O)O. The van der Waals surface area contributed by atoms with Crippen molar-refractivity contribution in [1.29, 1.82) is 0 Å². The fourth-order valence-corrected chi connectivity index (χ4v) is 3.77. The summed E-state index contributed by atoms with van der Waals surface area (Å²) in [6, 6.07) is 0. The van der Waals surface area contributed by atoms with E-state index < -0.39 is 57.7 Å². The summed E-state index contributed by atoms with van der Waals surface area (Å²) in [4.78, 5) is 12.0. The number of carbonyl (C=O) groups excluding carboxylic acids is 1. The minimum absolute atomic E-state index is 0.187. The topological polar surface area (TPSA) is 217 Å². The van der Waals surface area contributed by atoms with E-state index >= 15 is 0 Å². The van der Waals surface area contributed by atoms with Crippen LogP contribution in [0.2, 0.25) is 0 Å². The van der Waals surface area contributed by atoms with Gasteiger partial charge in [-0.3, -0.25) is 13.9 Å². The molecule has 15 heteroatoms. The van der Waals surface area contributed by atoms with Crippen LogP contribution >= 0.6 is 0 Å². The highest BCUT2D eigenvalue weighted by Crippen LogP contribution is 2.13. The number of nitrogens with one attached hydrogen (secondary N) is 1. The molecule has 0 aromatic heterocycles. The summed E-state index contributed by atoms with van der Waals surface area (Å²) < 4.78 is 68.1. The number of hydrogen-bond acceptors (Lipinski definition) is 10. The van der Waals surface area contributed by atoms with E-state index in [0.29, 0.717) is 6.42 Å². The van der Waals surface area contributed by atoms with Gasteiger partial charge in [0.1, 0.15) is 18.3 Å². The van der Waals surface area contributed by atoms with Gasteiger partial charge in [0.05, 0.1) is 6.61 Å². The zero-order chi connectivity index (χ0) is 25.5. The third kappa shape index (κ3) is 17.2. The Hall–Kier alpha value is -0.910. The van der Waals surface area contributed by atoms with Crippen molar-refractivity contribution in [2.75, 3.05) is 13.2 Å². The maximum absolute atomic E-state index is 12.0. The quantitative estimate of drug-likeness (QED) is 0.0925. The number of amides is 1. The van der Waals surface area contributed by atoms with Crippen molar-refractivity contribution in [3.8, 4) is 0 Å². The van der Waals surface area contributed by atoms with Gasteiger partial charge in [-0.2, -0.15) is 16.8 Å². The molecule has 4 atom stereocenters. The van der Waals surface area contributed by atoms with Crippen LogP contribution in [0.3, 0.4) is 0 Å². The third-order valence-electron chi connectivity index (χ3n) is 4.78. The van der Waals surface area contributed by atoms with E-state index in [1.807, 2.05) is 0 Å². The van der Waals surface area contributed by atoms with Crippen LogP contribution < -0.4 is 5.32 Å². The molecule has 1 amide bonds. The maximum atomic E-state index is 12.0. The first-order chi connectivity index (χ1) is 15.3. The normalized spacial score (nSPS) is 16.2. The fourth-order valence-electron chi connectivity index (χ4n) is 2.98. The van der Waals surface area contributed by atoms with E-state index in [4.69, 9.17) is 9.11 Å². The third-order valence-corrected chi connectivity index (χ3v) is 5.70. The monoisotopic (exact) mass is 523 g/mol. The first-order valence-corrected chi connectivity index (χ1v) is 13.6. The van der Waals surface area contributed by atoms with Gasteiger partial charge in [-0.1, -0.05) is 64.7 Å². The summed E-state index contributed by atoms with van der Waals surface area (Å²) in [7, 11) is -10.3. The van der Waals surface area contributed by atoms with Gasteiger partial charge in [0, 0.05) is 6.54 Å². The Morgan fingerprint density at radius 3 is 1.73 bits per heavy atom. The smallest absolute Gasteiger partial charge is 0.387 e. The van der Waals surface area contributed by atoms with Crippen LogP contribution in [0.5, 0.6) is 0 Å². The lowest BCUT2D eigenvalue weighted by atomic mass is 10.0. The first-order valence-electron chi connectivity index (χ1n) is 10.9. The van der Waals surface area contributed by atoms with Crippen molar-refractivity contribution in [3.63, 3.8) is 0 Å². The molecule has 198 valence electrons. The number of rotatable bonds is 20. The van der Waals surface area contributed by atoms with Gasteiger partial charge in [-0.25, -0.2) is 8.37 Å². The molecule has 0 aliphatic rings. The highest BCUT2D eigenvalue weighted by Gasteiger charge is 2.38. The van der Waals surface area contributed by atoms with E-state index in [1.165, 1.54) is 32.1 Å². The van der Waals surface area contributed by atoms with Crippen molar-refractivity contribution < 1.29 is 54.4 Å². The lowest BCUT2D eigenvalue weighted by Crippen LogP contribution is -2.53. The molecule has 13 nitrogen and oxygen atoms in total. The Balaban J connectivity index is 4.40. The molecule has 0 aromatic rings. The van der Waals surface area contributed by atoms with Gasteiger partial charge in [0.2, 0.25) is 0 Å². The number of carbonyl (C=O) groups is 1. The van der Waals surface area contributed by atoms with Gasteiger partial charge in [-0.15, -0.1) is 0 Å². The molecule has 0 aliphatic carbocycles. The van der Waals surface area contributed by atoms with Gasteiger partial charge in [-0.05, 0) is 6.42 Å². The van der Waals surface area contributed by atoms with E-state index in [1.54, 1.807) is 0 Å². The Morgan fingerprint density at radius 2 is 1.27 bits per heavy atom. The molecule has 0 aliphatic heterocycles. The number of unbranched alkanes of at least 4 members (excludes halogenated alkanes) is 9. The van der Waals surface area contributed by atoms with Gasteiger partial charge >= 0.3 is 20.8 Å². The highest BCUT2D eigenvalue weighted by molar-refractivity contribution is 7.81. The minimum Gasteiger partial charge on any atom is -0.387 e. The number of hydrogen-bond donors (Lipinski definition) is 6. The lowest BCUT2D eigenvalue weighted by molar-refractivity contribution is -0.146. The van der Waals surface area contributed by atoms with Gasteiger partial charge < -0.3 is 20.6 Å². The summed E-state index contributed by atoms with van der Waals surface area (Å²) in [5, 5.41) is 32.2. The zero-order valence-corrected chi connectivity index (χ0v) is 20.3. The predicted molar refractivity (Wildman–Crippen MR) is 117 cm³/mol. The second-order valence-corrected chi connectivity index (χ2v) is 9.81. The van der Waals surface area contributed by atoms with Gasteiger partial charge in [0.15, 0.2) is 6.10 Å². The molecular weight excluding hydrogens is 486 g/mol. The molecule has 33 heavy (non-hydrogen) atoms. The molecule has 0 saturated heterocycles. The van der Waals surface area contributed by atoms with Crippen LogP contribution in [0.25, 0.3) is 0 Å². The van der Waals surface area contributed by atoms with Crippen LogP contribution in [-0.4, -0.2) is 84.7 Å². The van der Waals surface area contributed by atoms with Crippen LogP contribution in [0.15, 0.2) is 0 Å². The van der Waals surface area contributed by atoms with Crippen molar-refractivity contribution in [1.82, 2.24) is 5.32 Å². The standard InChI is InChI=1S/C18H37NO12S2/c1-2-3-4-5-6-7-8-9-10-11-12-19-18(23)17(22)16(21)15(20)14(31-33(27,28)29)13-30-32(24,25)26/h14-17,20-22H,2-13H2,1H3,(H,19,23)(H,24,25,26)(H,27,28,29)/t14-,15-,16+,17+/m1/s1. The first kappa shape index (κ1) is 32.1. The van der Waals surface area contributed by atoms with E-state index in [2.05, 4.69) is 20.6 Å². The summed E-state index contributed by atoms with van der Waals surface area (Å²) in [6.07, 6.45) is 1.55. The maximum Gasteiger partial charge on any atom is 0.397 e. The molecule has 0 rings (SSSR count). The Morgan fingerprint density at radius 1 is 0.788 bits per heavy atom. The summed E-state index contributed by atoms with van der Waals surface area (Å²) in [6.45, 7) is 0.994. The fraction of sp³-hybridized carbons (Fsp3) is 0.944. The average molecular weight is 524 g/mol. The van der Waals surface area contributed by atoms with Crippen molar-refractivity contribution in [2.45, 2.75) is 95.5 Å². The zero-order valence-electron chi connectivity index (χ0n) is 18.7. The summed E-state index contributed by atoms with van der Waals surface area (Å²) >= 11 is 0. The van der Waals surface area contributed by atoms with Crippen molar-refractivity contribution in [3.05, 3.63) is 0 Å². The van der Waals surface area contributed by atoms with E-state index in [9.17, 15) is 36.9 Å². The van der Waals surface area contributed by atoms with E-state index in [-0.39, 0.29) is 6.54 Å². The predicted octanol–water partition coefficient (Wildman–Crippen LogP) is 0.114. The molecular formula is C18H37NO12S2. The molecule has 0 saturated carbocycles. The Kier molecular flexibility index (Phi) is 16.2. The molecule has 6 N–H and O–H groups in total. The lowest BCUT2D eigenvalue weighted by Gasteiger charge is -2.27. The molecule has 0 spiro atoms. The van der Waals surface area contributed by atoms with E-state index in [0.717, 1.165) is 25.7 Å². The second kappa shape index (κ2) is 16.7. The Bertz CT molecular complexity index is 744. The van der Waals surface area contributed by atoms with Crippen LogP contribution in [0.4, 0.5) is 0 Å².